The summed E-state index contributed by atoms with van der Waals surface area (Å²) in [6.07, 6.45) is 0.871. The van der Waals surface area contributed by atoms with Crippen LogP contribution >= 0.6 is 22.9 Å². The fraction of sp³-hybridized carbons (Fsp3) is 0.545. The lowest BCUT2D eigenvalue weighted by molar-refractivity contribution is -0.129. The van der Waals surface area contributed by atoms with Crippen LogP contribution in [-0.2, 0) is 14.8 Å². The third-order valence-corrected chi connectivity index (χ3v) is 6.32. The molecule has 1 amide bonds. The van der Waals surface area contributed by atoms with Crippen molar-refractivity contribution in [1.82, 2.24) is 9.62 Å². The lowest BCUT2D eigenvalue weighted by Gasteiger charge is -2.16. The largest absolute Gasteiger partial charge is 0.341 e. The number of carbonyl (C=O) groups excluding carboxylic acids is 1. The highest BCUT2D eigenvalue weighted by Crippen LogP contribution is 2.25. The number of amides is 1. The van der Waals surface area contributed by atoms with E-state index in [1.165, 1.54) is 12.1 Å². The molecule has 6 nitrogen and oxygen atoms in total. The minimum atomic E-state index is -3.67. The Hall–Kier alpha value is -0.670. The van der Waals surface area contributed by atoms with Crippen molar-refractivity contribution >= 4 is 38.9 Å². The molecule has 1 aliphatic heterocycles. The summed E-state index contributed by atoms with van der Waals surface area (Å²) < 4.78 is 26.7. The zero-order valence-corrected chi connectivity index (χ0v) is 13.1. The summed E-state index contributed by atoms with van der Waals surface area (Å²) in [5, 5.41) is 0. The molecular weight excluding hydrogens is 322 g/mol. The van der Waals surface area contributed by atoms with E-state index in [0.717, 1.165) is 17.8 Å². The van der Waals surface area contributed by atoms with Gasteiger partial charge in [-0.05, 0) is 31.0 Å². The first-order chi connectivity index (χ1) is 9.42. The highest BCUT2D eigenvalue weighted by molar-refractivity contribution is 7.91. The van der Waals surface area contributed by atoms with E-state index in [1.54, 1.807) is 4.90 Å². The van der Waals surface area contributed by atoms with E-state index < -0.39 is 10.0 Å². The highest BCUT2D eigenvalue weighted by atomic mass is 35.5. The molecule has 0 aliphatic carbocycles. The molecule has 0 radical (unpaired) electrons. The van der Waals surface area contributed by atoms with Gasteiger partial charge in [0.15, 0.2) is 0 Å². The molecule has 9 heteroatoms. The van der Waals surface area contributed by atoms with Gasteiger partial charge in [0.05, 0.1) is 10.9 Å². The number of hydrogen-bond donors (Lipinski definition) is 2. The predicted octanol–water partition coefficient (Wildman–Crippen LogP) is 0.487. The first-order valence-electron chi connectivity index (χ1n) is 6.15. The molecule has 112 valence electrons. The molecule has 2 rings (SSSR count). The zero-order valence-electron chi connectivity index (χ0n) is 10.7. The van der Waals surface area contributed by atoms with Crippen molar-refractivity contribution in [2.45, 2.75) is 10.6 Å². The second kappa shape index (κ2) is 6.40. The Kier molecular flexibility index (Phi) is 5.03. The summed E-state index contributed by atoms with van der Waals surface area (Å²) in [6, 6.07) is 2.93. The molecule has 0 bridgehead atoms. The monoisotopic (exact) mass is 337 g/mol. The first-order valence-corrected chi connectivity index (χ1v) is 8.83. The van der Waals surface area contributed by atoms with Crippen molar-refractivity contribution in [3.05, 3.63) is 16.5 Å². The first kappa shape index (κ1) is 15.7. The summed E-state index contributed by atoms with van der Waals surface area (Å²) in [4.78, 5) is 13.6. The van der Waals surface area contributed by atoms with Crippen LogP contribution in [0.2, 0.25) is 4.34 Å². The molecule has 0 spiro atoms. The zero-order chi connectivity index (χ0) is 14.8. The number of sulfonamides is 1. The van der Waals surface area contributed by atoms with Gasteiger partial charge in [-0.25, -0.2) is 13.1 Å². The van der Waals surface area contributed by atoms with Gasteiger partial charge >= 0.3 is 0 Å². The van der Waals surface area contributed by atoms with Crippen LogP contribution in [-0.4, -0.2) is 45.4 Å². The molecule has 20 heavy (non-hydrogen) atoms. The van der Waals surface area contributed by atoms with E-state index in [2.05, 4.69) is 4.72 Å². The van der Waals surface area contributed by atoms with E-state index in [0.29, 0.717) is 29.9 Å². The second-order valence-corrected chi connectivity index (χ2v) is 8.32. The minimum Gasteiger partial charge on any atom is -0.341 e. The molecule has 2 heterocycles. The summed E-state index contributed by atoms with van der Waals surface area (Å²) in [7, 11) is -3.67. The Morgan fingerprint density at radius 2 is 2.30 bits per heavy atom. The number of nitrogens with zero attached hydrogens (tertiary/aromatic N) is 1. The highest BCUT2D eigenvalue weighted by Gasteiger charge is 2.26. The molecule has 1 aromatic rings. The summed E-state index contributed by atoms with van der Waals surface area (Å²) in [6.45, 7) is 1.54. The Bertz CT molecular complexity index is 587. The fourth-order valence-electron chi connectivity index (χ4n) is 2.03. The van der Waals surface area contributed by atoms with Gasteiger partial charge in [-0.1, -0.05) is 11.6 Å². The van der Waals surface area contributed by atoms with Gasteiger partial charge in [0.25, 0.3) is 10.0 Å². The van der Waals surface area contributed by atoms with E-state index in [1.807, 2.05) is 0 Å². The number of hydrogen-bond acceptors (Lipinski definition) is 5. The van der Waals surface area contributed by atoms with Crippen LogP contribution in [0.1, 0.15) is 6.42 Å². The third-order valence-electron chi connectivity index (χ3n) is 3.20. The standard InChI is InChI=1S/C11H16ClN3O3S2/c12-9-1-2-11(19-9)20(17,18)14-6-10(16)15-4-3-8(5-13)7-15/h1-2,8,14H,3-7,13H2. The maximum Gasteiger partial charge on any atom is 0.250 e. The van der Waals surface area contributed by atoms with Crippen molar-refractivity contribution in [3.8, 4) is 0 Å². The van der Waals surface area contributed by atoms with Crippen LogP contribution < -0.4 is 10.5 Å². The maximum absolute atomic E-state index is 11.9. The number of thiophene rings is 1. The average Bonchev–Trinajstić information content (AvgIpc) is 3.04. The normalized spacial score (nSPS) is 19.5. The van der Waals surface area contributed by atoms with Gasteiger partial charge in [-0.15, -0.1) is 11.3 Å². The Balaban J connectivity index is 1.90. The fourth-order valence-corrected chi connectivity index (χ4v) is 4.54. The van der Waals surface area contributed by atoms with E-state index >= 15 is 0 Å². The number of nitrogens with one attached hydrogen (secondary N) is 1. The van der Waals surface area contributed by atoms with Crippen molar-refractivity contribution < 1.29 is 13.2 Å². The topological polar surface area (TPSA) is 92.5 Å². The quantitative estimate of drug-likeness (QED) is 0.817. The SMILES string of the molecule is NCC1CCN(C(=O)CNS(=O)(=O)c2ccc(Cl)s2)C1. The smallest absolute Gasteiger partial charge is 0.250 e. The second-order valence-electron chi connectivity index (χ2n) is 4.61. The van der Waals surface area contributed by atoms with Gasteiger partial charge in [-0.2, -0.15) is 0 Å². The molecule has 1 aliphatic rings. The van der Waals surface area contributed by atoms with E-state index in [9.17, 15) is 13.2 Å². The minimum absolute atomic E-state index is 0.108. The van der Waals surface area contributed by atoms with Gasteiger partial charge in [0, 0.05) is 13.1 Å². The number of likely N-dealkylation sites (tertiary alicyclic amines) is 1. The number of halogens is 1. The average molecular weight is 338 g/mol. The summed E-state index contributed by atoms with van der Waals surface area (Å²) >= 11 is 6.66. The molecule has 1 aromatic heterocycles. The molecule has 0 aromatic carbocycles. The van der Waals surface area contributed by atoms with Crippen LogP contribution in [0.4, 0.5) is 0 Å². The maximum atomic E-state index is 11.9. The van der Waals surface area contributed by atoms with Crippen molar-refractivity contribution in [1.29, 1.82) is 0 Å². The summed E-state index contributed by atoms with van der Waals surface area (Å²) in [5.41, 5.74) is 5.56. The molecule has 1 atom stereocenters. The number of rotatable bonds is 5. The van der Waals surface area contributed by atoms with Crippen LogP contribution in [0.25, 0.3) is 0 Å². The molecule has 1 fully saturated rings. The van der Waals surface area contributed by atoms with Gasteiger partial charge in [0.1, 0.15) is 4.21 Å². The van der Waals surface area contributed by atoms with Crippen LogP contribution in [0.15, 0.2) is 16.3 Å². The van der Waals surface area contributed by atoms with Crippen LogP contribution in [0.5, 0.6) is 0 Å². The third kappa shape index (κ3) is 3.70. The van der Waals surface area contributed by atoms with Crippen molar-refractivity contribution in [2.75, 3.05) is 26.2 Å². The number of carbonyl (C=O) groups is 1. The van der Waals surface area contributed by atoms with Crippen molar-refractivity contribution in [3.63, 3.8) is 0 Å². The van der Waals surface area contributed by atoms with Crippen LogP contribution in [0, 0.1) is 5.92 Å². The lowest BCUT2D eigenvalue weighted by atomic mass is 10.1. The van der Waals surface area contributed by atoms with E-state index in [-0.39, 0.29) is 16.7 Å². The molecular formula is C11H16ClN3O3S2. The predicted molar refractivity (Wildman–Crippen MR) is 78.3 cm³/mol. The van der Waals surface area contributed by atoms with Gasteiger partial charge < -0.3 is 10.6 Å². The lowest BCUT2D eigenvalue weighted by Crippen LogP contribution is -2.39. The summed E-state index contributed by atoms with van der Waals surface area (Å²) in [5.74, 6) is 0.0823. The Morgan fingerprint density at radius 3 is 2.85 bits per heavy atom. The number of nitrogens with two attached hydrogens (primary N) is 1. The molecule has 3 N–H and O–H groups in total. The molecule has 0 saturated carbocycles. The Morgan fingerprint density at radius 1 is 1.55 bits per heavy atom. The van der Waals surface area contributed by atoms with Gasteiger partial charge in [0.2, 0.25) is 5.91 Å². The van der Waals surface area contributed by atoms with E-state index in [4.69, 9.17) is 17.3 Å². The molecule has 1 saturated heterocycles. The Labute approximate surface area is 126 Å². The van der Waals surface area contributed by atoms with Crippen molar-refractivity contribution in [2.24, 2.45) is 11.7 Å². The molecule has 1 unspecified atom stereocenters. The van der Waals surface area contributed by atoms with Crippen LogP contribution in [0.3, 0.4) is 0 Å². The van der Waals surface area contributed by atoms with Gasteiger partial charge in [-0.3, -0.25) is 4.79 Å².